The number of allylic oxidation sites excluding steroid dienone is 5. The van der Waals surface area contributed by atoms with Crippen LogP contribution in [-0.2, 0) is 24.9 Å². The number of aldehydes is 1. The lowest BCUT2D eigenvalue weighted by molar-refractivity contribution is -0.104. The molecule has 0 unspecified atom stereocenters. The Morgan fingerprint density at radius 2 is 1.98 bits per heavy atom. The maximum Gasteiger partial charge on any atom is 0.152 e. The van der Waals surface area contributed by atoms with Gasteiger partial charge in [0.25, 0.3) is 0 Å². The zero-order chi connectivity index (χ0) is 33.5. The number of aromatic nitrogens is 4. The molecular weight excluding hydrogens is 624 g/mol. The summed E-state index contributed by atoms with van der Waals surface area (Å²) in [6, 6.07) is 10.1. The van der Waals surface area contributed by atoms with Crippen molar-refractivity contribution in [2.75, 3.05) is 13.1 Å². The molecule has 0 radical (unpaired) electrons. The van der Waals surface area contributed by atoms with E-state index in [1.54, 1.807) is 37.3 Å². The largest absolute Gasteiger partial charge is 0.507 e. The number of aryl methyl sites for hydroxylation is 2. The molecule has 4 aromatic rings. The van der Waals surface area contributed by atoms with Crippen molar-refractivity contribution < 1.29 is 18.7 Å². The molecular formula is C35H36ClF2N7O2. The van der Waals surface area contributed by atoms with Crippen LogP contribution in [0.25, 0.3) is 28.7 Å². The summed E-state index contributed by atoms with van der Waals surface area (Å²) in [5, 5.41) is 28.5. The van der Waals surface area contributed by atoms with Crippen LogP contribution >= 0.6 is 11.6 Å². The first-order chi connectivity index (χ1) is 22.7. The number of fused-ring (bicyclic) bond motifs is 1. The van der Waals surface area contributed by atoms with Gasteiger partial charge in [0.1, 0.15) is 29.4 Å². The third-order valence-corrected chi connectivity index (χ3v) is 8.59. The fourth-order valence-corrected chi connectivity index (χ4v) is 5.89. The van der Waals surface area contributed by atoms with E-state index in [0.717, 1.165) is 67.1 Å². The molecule has 2 aromatic heterocycles. The molecule has 0 spiro atoms. The molecule has 244 valence electrons. The minimum absolute atomic E-state index is 0.0220. The smallest absolute Gasteiger partial charge is 0.152 e. The molecule has 12 heteroatoms. The number of halogens is 3. The van der Waals surface area contributed by atoms with Crippen molar-refractivity contribution in [3.8, 4) is 0 Å². The average Bonchev–Trinajstić information content (AvgIpc) is 3.57. The van der Waals surface area contributed by atoms with Gasteiger partial charge in [-0.25, -0.2) is 13.8 Å². The molecule has 0 bridgehead atoms. The zero-order valence-electron chi connectivity index (χ0n) is 26.1. The third-order valence-electron chi connectivity index (χ3n) is 8.36. The van der Waals surface area contributed by atoms with E-state index in [2.05, 4.69) is 20.4 Å². The van der Waals surface area contributed by atoms with Crippen LogP contribution < -0.4 is 5.32 Å². The van der Waals surface area contributed by atoms with Crippen molar-refractivity contribution in [3.63, 3.8) is 0 Å². The molecule has 4 N–H and O–H groups in total. The summed E-state index contributed by atoms with van der Waals surface area (Å²) in [4.78, 5) is 18.1. The van der Waals surface area contributed by atoms with Crippen LogP contribution in [0.15, 0.2) is 66.4 Å². The Kier molecular flexibility index (Phi) is 10.8. The molecule has 0 amide bonds. The van der Waals surface area contributed by atoms with Gasteiger partial charge in [-0.15, -0.1) is 0 Å². The van der Waals surface area contributed by atoms with Gasteiger partial charge in [-0.3, -0.25) is 14.8 Å². The Bertz CT molecular complexity index is 1900. The van der Waals surface area contributed by atoms with E-state index in [1.807, 2.05) is 23.8 Å². The van der Waals surface area contributed by atoms with E-state index in [9.17, 15) is 18.7 Å². The number of hydrogen-bond acceptors (Lipinski definition) is 7. The molecule has 1 fully saturated rings. The Morgan fingerprint density at radius 3 is 2.70 bits per heavy atom. The molecule has 0 aliphatic carbocycles. The first-order valence-corrected chi connectivity index (χ1v) is 15.6. The highest BCUT2D eigenvalue weighted by Crippen LogP contribution is 2.29. The molecule has 1 aliphatic rings. The van der Waals surface area contributed by atoms with Gasteiger partial charge in [0, 0.05) is 58.8 Å². The lowest BCUT2D eigenvalue weighted by atomic mass is 9.92. The van der Waals surface area contributed by atoms with E-state index >= 15 is 0 Å². The van der Waals surface area contributed by atoms with Crippen LogP contribution in [-0.4, -0.2) is 55.3 Å². The van der Waals surface area contributed by atoms with Gasteiger partial charge in [0.2, 0.25) is 0 Å². The summed E-state index contributed by atoms with van der Waals surface area (Å²) in [5.41, 5.74) is 4.62. The molecule has 0 atom stereocenters. The van der Waals surface area contributed by atoms with E-state index < -0.39 is 5.83 Å². The number of H-pyrrole nitrogens is 1. The fourth-order valence-electron chi connectivity index (χ4n) is 5.73. The van der Waals surface area contributed by atoms with Crippen LogP contribution in [0.2, 0.25) is 5.02 Å². The molecule has 2 aromatic carbocycles. The number of carbonyl (C=O) groups excluding carboxylic acids is 1. The second-order valence-corrected chi connectivity index (χ2v) is 11.8. The number of rotatable bonds is 12. The number of hydrogen-bond donors (Lipinski definition) is 4. The second-order valence-electron chi connectivity index (χ2n) is 11.4. The topological polar surface area (TPSA) is 123 Å². The Balaban J connectivity index is 1.27. The maximum atomic E-state index is 14.4. The SMILES string of the molecule is Cc1[nH]nc(/C(F)=C\C=N)c1/C=C(/O)c1ccc2c(c1)nc(CN1CCC(/C(=C/C=C\C=O)NCc3ccc(Cl)cc3F)CC1)n2C. The van der Waals surface area contributed by atoms with Gasteiger partial charge in [-0.2, -0.15) is 5.10 Å². The summed E-state index contributed by atoms with van der Waals surface area (Å²) >= 11 is 5.90. The van der Waals surface area contributed by atoms with E-state index in [4.69, 9.17) is 22.0 Å². The van der Waals surface area contributed by atoms with Gasteiger partial charge in [0.15, 0.2) is 5.83 Å². The van der Waals surface area contributed by atoms with Crippen molar-refractivity contribution in [1.82, 2.24) is 30.0 Å². The number of nitrogens with zero attached hydrogens (tertiary/aromatic N) is 4. The summed E-state index contributed by atoms with van der Waals surface area (Å²) in [6.07, 6.45) is 10.8. The average molecular weight is 660 g/mol. The van der Waals surface area contributed by atoms with E-state index in [-0.39, 0.29) is 23.2 Å². The van der Waals surface area contributed by atoms with Crippen molar-refractivity contribution in [3.05, 3.63) is 111 Å². The lowest BCUT2D eigenvalue weighted by Crippen LogP contribution is -2.36. The lowest BCUT2D eigenvalue weighted by Gasteiger charge is -2.33. The standard InChI is InChI=1S/C35H36ClF2N7O2/c1-22-27(35(43-42-22)28(37)10-13-39)19-33(47)24-7-9-32-31(17-24)41-34(44(32)2)21-45-14-11-23(12-15-45)30(5-3-4-16-46)40-20-25-6-8-26(36)18-29(25)38/h3-10,13,16-19,23,39-40,47H,11-12,14-15,20-21H2,1-2H3,(H,42,43)/b4-3-,28-10+,30-5-,33-19+,39-13?. The van der Waals surface area contributed by atoms with Crippen LogP contribution in [0, 0.1) is 24.1 Å². The van der Waals surface area contributed by atoms with Gasteiger partial charge in [0.05, 0.1) is 17.6 Å². The number of carbonyl (C=O) groups is 1. The van der Waals surface area contributed by atoms with Crippen molar-refractivity contribution >= 4 is 52.8 Å². The van der Waals surface area contributed by atoms with E-state index in [1.165, 1.54) is 18.2 Å². The number of piperidine rings is 1. The highest BCUT2D eigenvalue weighted by atomic mass is 35.5. The van der Waals surface area contributed by atoms with E-state index in [0.29, 0.717) is 40.5 Å². The quantitative estimate of drug-likeness (QED) is 0.0425. The summed E-state index contributed by atoms with van der Waals surface area (Å²) in [6.45, 7) is 4.32. The number of aliphatic hydroxyl groups excluding tert-OH is 1. The Labute approximate surface area is 276 Å². The third kappa shape index (κ3) is 7.93. The molecule has 9 nitrogen and oxygen atoms in total. The summed E-state index contributed by atoms with van der Waals surface area (Å²) in [5.74, 6) is -0.0118. The molecule has 1 saturated heterocycles. The molecule has 3 heterocycles. The van der Waals surface area contributed by atoms with Crippen molar-refractivity contribution in [1.29, 1.82) is 5.41 Å². The molecule has 5 rings (SSSR count). The molecule has 0 saturated carbocycles. The highest BCUT2D eigenvalue weighted by Gasteiger charge is 2.24. The first kappa shape index (κ1) is 33.5. The Morgan fingerprint density at radius 1 is 1.19 bits per heavy atom. The van der Waals surface area contributed by atoms with Crippen LogP contribution in [0.3, 0.4) is 0 Å². The van der Waals surface area contributed by atoms with Gasteiger partial charge in [-0.1, -0.05) is 23.7 Å². The Hall–Kier alpha value is -4.87. The predicted molar refractivity (Wildman–Crippen MR) is 182 cm³/mol. The zero-order valence-corrected chi connectivity index (χ0v) is 26.9. The number of aliphatic hydroxyl groups is 1. The fraction of sp³-hybridized carbons (Fsp3) is 0.257. The minimum Gasteiger partial charge on any atom is -0.507 e. The van der Waals surface area contributed by atoms with Crippen molar-refractivity contribution in [2.45, 2.75) is 32.9 Å². The number of nitrogens with one attached hydrogen (secondary N) is 3. The van der Waals surface area contributed by atoms with Crippen LogP contribution in [0.4, 0.5) is 8.78 Å². The van der Waals surface area contributed by atoms with Gasteiger partial charge >= 0.3 is 0 Å². The first-order valence-electron chi connectivity index (χ1n) is 15.2. The van der Waals surface area contributed by atoms with Crippen molar-refractivity contribution in [2.24, 2.45) is 13.0 Å². The monoisotopic (exact) mass is 659 g/mol. The summed E-state index contributed by atoms with van der Waals surface area (Å²) in [7, 11) is 1.96. The minimum atomic E-state index is -0.677. The number of aromatic amines is 1. The number of likely N-dealkylation sites (tertiary alicyclic amines) is 1. The normalized spacial score (nSPS) is 15.6. The van der Waals surface area contributed by atoms with Crippen LogP contribution in [0.5, 0.6) is 0 Å². The van der Waals surface area contributed by atoms with Gasteiger partial charge in [-0.05, 0) is 87.5 Å². The van der Waals surface area contributed by atoms with Crippen LogP contribution in [0.1, 0.15) is 46.7 Å². The molecule has 47 heavy (non-hydrogen) atoms. The number of imidazole rings is 1. The maximum absolute atomic E-state index is 14.4. The number of benzene rings is 2. The summed E-state index contributed by atoms with van der Waals surface area (Å²) < 4.78 is 30.8. The predicted octanol–water partition coefficient (Wildman–Crippen LogP) is 7.05. The second kappa shape index (κ2) is 15.1. The highest BCUT2D eigenvalue weighted by molar-refractivity contribution is 6.30. The van der Waals surface area contributed by atoms with Gasteiger partial charge < -0.3 is 20.4 Å². The molecule has 1 aliphatic heterocycles.